The molecule has 0 saturated heterocycles. The highest BCUT2D eigenvalue weighted by molar-refractivity contribution is 5.79. The van der Waals surface area contributed by atoms with E-state index in [1.54, 1.807) is 0 Å². The van der Waals surface area contributed by atoms with Gasteiger partial charge in [-0.3, -0.25) is 0 Å². The van der Waals surface area contributed by atoms with Crippen molar-refractivity contribution in [3.63, 3.8) is 0 Å². The summed E-state index contributed by atoms with van der Waals surface area (Å²) in [6.45, 7) is 8.81. The maximum atomic E-state index is 4.60. The lowest BCUT2D eigenvalue weighted by Crippen LogP contribution is -2.39. The van der Waals surface area contributed by atoms with Crippen molar-refractivity contribution in [3.8, 4) is 5.69 Å². The van der Waals surface area contributed by atoms with E-state index in [2.05, 4.69) is 41.5 Å². The first-order valence-corrected chi connectivity index (χ1v) is 7.80. The van der Waals surface area contributed by atoms with E-state index in [9.17, 15) is 0 Å². The fraction of sp³-hybridized carbons (Fsp3) is 0.412. The van der Waals surface area contributed by atoms with Gasteiger partial charge in [-0.2, -0.15) is 5.10 Å². The van der Waals surface area contributed by atoms with Crippen molar-refractivity contribution in [2.24, 2.45) is 10.9 Å². The fourth-order valence-corrected chi connectivity index (χ4v) is 1.98. The number of hydrogen-bond donors (Lipinski definition) is 2. The summed E-state index contributed by atoms with van der Waals surface area (Å²) >= 11 is 0. The van der Waals surface area contributed by atoms with Crippen LogP contribution in [0.5, 0.6) is 0 Å². The summed E-state index contributed by atoms with van der Waals surface area (Å²) in [5.74, 6) is 1.44. The molecule has 5 nitrogen and oxygen atoms in total. The van der Waals surface area contributed by atoms with Crippen LogP contribution in [0.1, 0.15) is 26.3 Å². The van der Waals surface area contributed by atoms with Gasteiger partial charge in [0.05, 0.1) is 18.4 Å². The lowest BCUT2D eigenvalue weighted by molar-refractivity contribution is 0.615. The second-order valence-corrected chi connectivity index (χ2v) is 5.60. The van der Waals surface area contributed by atoms with Crippen molar-refractivity contribution in [1.82, 2.24) is 20.4 Å². The Morgan fingerprint density at radius 1 is 1.23 bits per heavy atom. The fourth-order valence-electron chi connectivity index (χ4n) is 1.98. The first-order valence-electron chi connectivity index (χ1n) is 7.80. The molecule has 1 aromatic carbocycles. The lowest BCUT2D eigenvalue weighted by Gasteiger charge is -2.12. The van der Waals surface area contributed by atoms with Gasteiger partial charge in [0.15, 0.2) is 5.96 Å². The van der Waals surface area contributed by atoms with Crippen molar-refractivity contribution >= 4 is 5.96 Å². The van der Waals surface area contributed by atoms with Gasteiger partial charge < -0.3 is 10.6 Å². The minimum Gasteiger partial charge on any atom is -0.357 e. The van der Waals surface area contributed by atoms with Gasteiger partial charge in [-0.25, -0.2) is 9.67 Å². The number of benzene rings is 1. The molecular formula is C17H25N5. The highest BCUT2D eigenvalue weighted by Gasteiger charge is 2.02. The molecule has 0 fully saturated rings. The number of guanidine groups is 1. The van der Waals surface area contributed by atoms with Crippen molar-refractivity contribution in [2.45, 2.75) is 27.3 Å². The molecule has 5 heteroatoms. The molecule has 1 aromatic heterocycles. The van der Waals surface area contributed by atoms with Gasteiger partial charge >= 0.3 is 0 Å². The Bertz CT molecular complexity index is 586. The van der Waals surface area contributed by atoms with E-state index in [0.29, 0.717) is 12.5 Å². The van der Waals surface area contributed by atoms with Gasteiger partial charge in [0.2, 0.25) is 0 Å². The van der Waals surface area contributed by atoms with Gasteiger partial charge in [0.1, 0.15) is 0 Å². The van der Waals surface area contributed by atoms with Crippen LogP contribution in [-0.2, 0) is 6.54 Å². The molecule has 1 heterocycles. The molecular weight excluding hydrogens is 274 g/mol. The topological polar surface area (TPSA) is 54.2 Å². The minimum atomic E-state index is 0.588. The van der Waals surface area contributed by atoms with Crippen LogP contribution < -0.4 is 10.6 Å². The van der Waals surface area contributed by atoms with Gasteiger partial charge in [-0.05, 0) is 25.0 Å². The Balaban J connectivity index is 2.00. The van der Waals surface area contributed by atoms with Crippen LogP contribution in [-0.4, -0.2) is 28.8 Å². The first-order chi connectivity index (χ1) is 10.7. The maximum Gasteiger partial charge on any atom is 0.191 e. The van der Waals surface area contributed by atoms with Gasteiger partial charge in [-0.1, -0.05) is 32.0 Å². The summed E-state index contributed by atoms with van der Waals surface area (Å²) in [6, 6.07) is 10.1. The zero-order valence-corrected chi connectivity index (χ0v) is 13.6. The molecule has 0 radical (unpaired) electrons. The second-order valence-electron chi connectivity index (χ2n) is 5.60. The molecule has 0 saturated carbocycles. The molecule has 2 aromatic rings. The molecule has 0 aliphatic rings. The van der Waals surface area contributed by atoms with E-state index in [1.807, 2.05) is 47.4 Å². The third-order valence-corrected chi connectivity index (χ3v) is 3.10. The van der Waals surface area contributed by atoms with Crippen molar-refractivity contribution in [2.75, 3.05) is 13.1 Å². The molecule has 2 rings (SSSR count). The van der Waals surface area contributed by atoms with E-state index in [1.165, 1.54) is 0 Å². The Labute approximate surface area is 132 Å². The number of nitrogens with zero attached hydrogens (tertiary/aromatic N) is 3. The van der Waals surface area contributed by atoms with Crippen LogP contribution in [0, 0.1) is 5.92 Å². The van der Waals surface area contributed by atoms with Crippen molar-refractivity contribution in [1.29, 1.82) is 0 Å². The third-order valence-electron chi connectivity index (χ3n) is 3.10. The number of rotatable bonds is 6. The Morgan fingerprint density at radius 3 is 2.68 bits per heavy atom. The lowest BCUT2D eigenvalue weighted by atomic mass is 10.2. The molecule has 0 spiro atoms. The monoisotopic (exact) mass is 299 g/mol. The van der Waals surface area contributed by atoms with Crippen LogP contribution in [0.4, 0.5) is 0 Å². The molecule has 0 aliphatic carbocycles. The van der Waals surface area contributed by atoms with Crippen molar-refractivity contribution in [3.05, 3.63) is 48.3 Å². The van der Waals surface area contributed by atoms with E-state index < -0.39 is 0 Å². The highest BCUT2D eigenvalue weighted by Crippen LogP contribution is 2.08. The Morgan fingerprint density at radius 2 is 2.00 bits per heavy atom. The Hall–Kier alpha value is -2.30. The number of aromatic nitrogens is 2. The number of hydrogen-bond acceptors (Lipinski definition) is 2. The molecule has 2 N–H and O–H groups in total. The van der Waals surface area contributed by atoms with E-state index in [0.717, 1.165) is 30.3 Å². The zero-order valence-electron chi connectivity index (χ0n) is 13.6. The SMILES string of the molecule is CCNC(=NCc1cnn(-c2ccccc2)c1)NCC(C)C. The molecule has 118 valence electrons. The summed E-state index contributed by atoms with van der Waals surface area (Å²) in [7, 11) is 0. The summed E-state index contributed by atoms with van der Waals surface area (Å²) in [6.07, 6.45) is 3.88. The molecule has 0 aliphatic heterocycles. The minimum absolute atomic E-state index is 0.588. The molecule has 0 atom stereocenters. The molecule has 0 unspecified atom stereocenters. The summed E-state index contributed by atoms with van der Waals surface area (Å²) in [5.41, 5.74) is 2.15. The quantitative estimate of drug-likeness (QED) is 0.637. The number of nitrogens with one attached hydrogen (secondary N) is 2. The van der Waals surface area contributed by atoms with Gasteiger partial charge in [0.25, 0.3) is 0 Å². The van der Waals surface area contributed by atoms with Crippen molar-refractivity contribution < 1.29 is 0 Å². The van der Waals surface area contributed by atoms with Crippen LogP contribution in [0.3, 0.4) is 0 Å². The van der Waals surface area contributed by atoms with Crippen LogP contribution in [0.2, 0.25) is 0 Å². The van der Waals surface area contributed by atoms with E-state index >= 15 is 0 Å². The van der Waals surface area contributed by atoms with Gasteiger partial charge in [-0.15, -0.1) is 0 Å². The summed E-state index contributed by atoms with van der Waals surface area (Å²) in [4.78, 5) is 4.60. The third kappa shape index (κ3) is 4.91. The first kappa shape index (κ1) is 16.1. The molecule has 22 heavy (non-hydrogen) atoms. The highest BCUT2D eigenvalue weighted by atomic mass is 15.3. The second kappa shape index (κ2) is 8.22. The average Bonchev–Trinajstić information content (AvgIpc) is 3.00. The average molecular weight is 299 g/mol. The predicted octanol–water partition coefficient (Wildman–Crippen LogP) is 2.58. The van der Waals surface area contributed by atoms with Crippen LogP contribution in [0.15, 0.2) is 47.7 Å². The van der Waals surface area contributed by atoms with E-state index in [4.69, 9.17) is 0 Å². The molecule has 0 bridgehead atoms. The predicted molar refractivity (Wildman–Crippen MR) is 91.2 cm³/mol. The zero-order chi connectivity index (χ0) is 15.8. The van der Waals surface area contributed by atoms with Gasteiger partial charge in [0, 0.05) is 24.8 Å². The van der Waals surface area contributed by atoms with Crippen LogP contribution >= 0.6 is 0 Å². The summed E-state index contributed by atoms with van der Waals surface area (Å²) in [5, 5.41) is 11.0. The largest absolute Gasteiger partial charge is 0.357 e. The number of aliphatic imine (C=N–C) groups is 1. The summed E-state index contributed by atoms with van der Waals surface area (Å²) < 4.78 is 1.87. The Kier molecular flexibility index (Phi) is 6.01. The smallest absolute Gasteiger partial charge is 0.191 e. The molecule has 0 amide bonds. The van der Waals surface area contributed by atoms with Crippen LogP contribution in [0.25, 0.3) is 5.69 Å². The number of para-hydroxylation sites is 1. The maximum absolute atomic E-state index is 4.60. The normalized spacial score (nSPS) is 11.7. The standard InChI is InChI=1S/C17H25N5/c1-4-18-17(19-10-14(2)3)20-11-15-12-21-22(13-15)16-8-6-5-7-9-16/h5-9,12-14H,4,10-11H2,1-3H3,(H2,18,19,20). The van der Waals surface area contributed by atoms with E-state index in [-0.39, 0.29) is 0 Å².